The van der Waals surface area contributed by atoms with Gasteiger partial charge in [-0.25, -0.2) is 4.79 Å². The Hall–Kier alpha value is -0.163. The van der Waals surface area contributed by atoms with Crippen LogP contribution in [0.2, 0.25) is 6.04 Å². The zero-order valence-corrected chi connectivity index (χ0v) is 10.5. The van der Waals surface area contributed by atoms with Crippen LogP contribution in [-0.2, 0) is 0 Å². The number of nitrogens with two attached hydrogens (primary N) is 1. The van der Waals surface area contributed by atoms with Crippen molar-refractivity contribution in [3.05, 3.63) is 0 Å². The monoisotopic (exact) mass is 206 g/mol. The van der Waals surface area contributed by atoms with E-state index in [2.05, 4.69) is 5.32 Å². The first-order valence-electron chi connectivity index (χ1n) is 4.38. The normalized spacial score (nSPS) is 10.0. The van der Waals surface area contributed by atoms with Crippen molar-refractivity contribution in [2.75, 3.05) is 18.1 Å². The Morgan fingerprint density at radius 2 is 2.08 bits per heavy atom. The third-order valence-corrected chi connectivity index (χ3v) is 3.27. The van der Waals surface area contributed by atoms with Gasteiger partial charge in [-0.3, -0.25) is 0 Å². The molecule has 0 aromatic carbocycles. The van der Waals surface area contributed by atoms with E-state index in [9.17, 15) is 4.79 Å². The Balaban J connectivity index is 2.86. The average Bonchev–Trinajstić information content (AvgIpc) is 2.02. The van der Waals surface area contributed by atoms with Crippen LogP contribution in [0, 0.1) is 0 Å². The lowest BCUT2D eigenvalue weighted by atomic mass is 10.5. The van der Waals surface area contributed by atoms with E-state index in [-0.39, 0.29) is 0 Å². The molecule has 0 aromatic heterocycles. The molecule has 0 aliphatic heterocycles. The molecule has 0 bridgehead atoms. The van der Waals surface area contributed by atoms with E-state index in [1.165, 1.54) is 28.5 Å². The molecular weight excluding hydrogens is 188 g/mol. The summed E-state index contributed by atoms with van der Waals surface area (Å²) >= 11 is 1.96. The molecule has 72 valence electrons. The highest BCUT2D eigenvalue weighted by Gasteiger charge is 1.91. The molecule has 0 heterocycles. The molecule has 0 spiro atoms. The van der Waals surface area contributed by atoms with Crippen LogP contribution in [0.15, 0.2) is 0 Å². The van der Waals surface area contributed by atoms with Gasteiger partial charge < -0.3 is 11.1 Å². The number of carbonyl (C=O) groups excluding carboxylic acids is 1. The standard InChI is InChI=1S/C7H18N2OSSi/c8-7(10)9-3-1-4-11-5-2-6-12/h1-6H2,12H3,(H3,8,9,10). The SMILES string of the molecule is NC(=O)NCCCSCCC[SiH3]. The van der Waals surface area contributed by atoms with Crippen LogP contribution in [0.3, 0.4) is 0 Å². The third kappa shape index (κ3) is 9.84. The van der Waals surface area contributed by atoms with Gasteiger partial charge in [-0.1, -0.05) is 6.04 Å². The van der Waals surface area contributed by atoms with E-state index in [4.69, 9.17) is 5.73 Å². The number of hydrogen-bond donors (Lipinski definition) is 2. The largest absolute Gasteiger partial charge is 0.352 e. The summed E-state index contributed by atoms with van der Waals surface area (Å²) in [6.07, 6.45) is 2.37. The van der Waals surface area contributed by atoms with Gasteiger partial charge in [0.05, 0.1) is 0 Å². The van der Waals surface area contributed by atoms with E-state index in [0.29, 0.717) is 6.54 Å². The molecule has 0 atom stereocenters. The smallest absolute Gasteiger partial charge is 0.312 e. The maximum atomic E-state index is 10.2. The first-order chi connectivity index (χ1) is 5.77. The second kappa shape index (κ2) is 8.93. The summed E-state index contributed by atoms with van der Waals surface area (Å²) in [5.41, 5.74) is 4.90. The zero-order valence-electron chi connectivity index (χ0n) is 7.64. The van der Waals surface area contributed by atoms with Gasteiger partial charge in [0.25, 0.3) is 0 Å². The van der Waals surface area contributed by atoms with E-state index in [1.54, 1.807) is 0 Å². The number of urea groups is 1. The number of nitrogens with one attached hydrogen (secondary N) is 1. The molecule has 12 heavy (non-hydrogen) atoms. The van der Waals surface area contributed by atoms with Gasteiger partial charge in [0.2, 0.25) is 0 Å². The minimum atomic E-state index is -0.417. The maximum absolute atomic E-state index is 10.2. The molecule has 2 amide bonds. The summed E-state index contributed by atoms with van der Waals surface area (Å²) in [7, 11) is 1.32. The Bertz CT molecular complexity index is 124. The van der Waals surface area contributed by atoms with Crippen LogP contribution in [0.5, 0.6) is 0 Å². The predicted octanol–water partition coefficient (Wildman–Crippen LogP) is -0.0482. The molecule has 0 aliphatic rings. The number of carbonyl (C=O) groups is 1. The average molecular weight is 206 g/mol. The number of hydrogen-bond acceptors (Lipinski definition) is 2. The van der Waals surface area contributed by atoms with Gasteiger partial charge >= 0.3 is 6.03 Å². The number of thioether (sulfide) groups is 1. The molecule has 0 unspecified atom stereocenters. The van der Waals surface area contributed by atoms with Crippen molar-refractivity contribution in [1.82, 2.24) is 5.32 Å². The molecule has 0 saturated heterocycles. The van der Waals surface area contributed by atoms with Gasteiger partial charge in [0, 0.05) is 16.8 Å². The van der Waals surface area contributed by atoms with Crippen molar-refractivity contribution in [3.63, 3.8) is 0 Å². The summed E-state index contributed by atoms with van der Waals surface area (Å²) in [5, 5.41) is 2.57. The summed E-state index contributed by atoms with van der Waals surface area (Å²) in [5.74, 6) is 2.39. The van der Waals surface area contributed by atoms with Gasteiger partial charge in [-0.15, -0.1) is 0 Å². The fourth-order valence-electron chi connectivity index (χ4n) is 0.734. The summed E-state index contributed by atoms with van der Waals surface area (Å²) in [6.45, 7) is 0.712. The molecule has 3 nitrogen and oxygen atoms in total. The Labute approximate surface area is 81.3 Å². The molecule has 0 rings (SSSR count). The first kappa shape index (κ1) is 11.8. The Kier molecular flexibility index (Phi) is 8.81. The molecule has 3 N–H and O–H groups in total. The second-order valence-corrected chi connectivity index (χ2v) is 4.84. The Morgan fingerprint density at radius 3 is 2.67 bits per heavy atom. The molecule has 5 heteroatoms. The first-order valence-corrected chi connectivity index (χ1v) is 6.95. The molecule has 0 aliphatic carbocycles. The third-order valence-electron chi connectivity index (χ3n) is 1.41. The highest BCUT2D eigenvalue weighted by molar-refractivity contribution is 7.99. The van der Waals surface area contributed by atoms with E-state index >= 15 is 0 Å². The topological polar surface area (TPSA) is 55.1 Å². The minimum absolute atomic E-state index is 0.417. The highest BCUT2D eigenvalue weighted by atomic mass is 32.2. The van der Waals surface area contributed by atoms with E-state index in [0.717, 1.165) is 12.2 Å². The molecule has 0 aromatic rings. The molecule has 0 fully saturated rings. The van der Waals surface area contributed by atoms with Crippen molar-refractivity contribution >= 4 is 28.0 Å². The summed E-state index contributed by atoms with van der Waals surface area (Å²) in [6, 6.07) is 0.978. The van der Waals surface area contributed by atoms with Crippen molar-refractivity contribution in [1.29, 1.82) is 0 Å². The minimum Gasteiger partial charge on any atom is -0.352 e. The van der Waals surface area contributed by atoms with Crippen molar-refractivity contribution in [3.8, 4) is 0 Å². The van der Waals surface area contributed by atoms with Crippen molar-refractivity contribution in [2.45, 2.75) is 18.9 Å². The van der Waals surface area contributed by atoms with Gasteiger partial charge in [-0.2, -0.15) is 11.8 Å². The fraction of sp³-hybridized carbons (Fsp3) is 0.857. The lowest BCUT2D eigenvalue weighted by Gasteiger charge is -2.01. The molecule has 0 radical (unpaired) electrons. The predicted molar refractivity (Wildman–Crippen MR) is 58.9 cm³/mol. The van der Waals surface area contributed by atoms with Crippen LogP contribution >= 0.6 is 11.8 Å². The van der Waals surface area contributed by atoms with Crippen LogP contribution in [0.4, 0.5) is 4.79 Å². The number of rotatable bonds is 7. The van der Waals surface area contributed by atoms with Crippen molar-refractivity contribution < 1.29 is 4.79 Å². The number of primary amides is 1. The lowest BCUT2D eigenvalue weighted by molar-refractivity contribution is 0.249. The fourth-order valence-corrected chi connectivity index (χ4v) is 2.65. The molecular formula is C7H18N2OSSi. The zero-order chi connectivity index (χ0) is 9.23. The van der Waals surface area contributed by atoms with Gasteiger partial charge in [-0.05, 0) is 24.3 Å². The number of amides is 2. The quantitative estimate of drug-likeness (QED) is 0.453. The van der Waals surface area contributed by atoms with E-state index < -0.39 is 6.03 Å². The van der Waals surface area contributed by atoms with E-state index in [1.807, 2.05) is 11.8 Å². The van der Waals surface area contributed by atoms with Gasteiger partial charge in [0.1, 0.15) is 0 Å². The second-order valence-electron chi connectivity index (χ2n) is 2.61. The Morgan fingerprint density at radius 1 is 1.42 bits per heavy atom. The van der Waals surface area contributed by atoms with Crippen molar-refractivity contribution in [2.24, 2.45) is 5.73 Å². The van der Waals surface area contributed by atoms with Crippen LogP contribution in [-0.4, -0.2) is 34.3 Å². The van der Waals surface area contributed by atoms with Gasteiger partial charge in [0.15, 0.2) is 0 Å². The summed E-state index contributed by atoms with van der Waals surface area (Å²) in [4.78, 5) is 10.2. The highest BCUT2D eigenvalue weighted by Crippen LogP contribution is 2.04. The lowest BCUT2D eigenvalue weighted by Crippen LogP contribution is -2.30. The van der Waals surface area contributed by atoms with Crippen LogP contribution < -0.4 is 11.1 Å². The van der Waals surface area contributed by atoms with Crippen LogP contribution in [0.25, 0.3) is 0 Å². The summed E-state index contributed by atoms with van der Waals surface area (Å²) < 4.78 is 0. The molecule has 0 saturated carbocycles. The van der Waals surface area contributed by atoms with Crippen LogP contribution in [0.1, 0.15) is 12.8 Å². The maximum Gasteiger partial charge on any atom is 0.312 e.